The van der Waals surface area contributed by atoms with E-state index in [0.29, 0.717) is 15.7 Å². The van der Waals surface area contributed by atoms with Gasteiger partial charge in [0, 0.05) is 34.3 Å². The first kappa shape index (κ1) is 18.9. The summed E-state index contributed by atoms with van der Waals surface area (Å²) in [6, 6.07) is 10.2. The number of non-ortho nitro benzene ring substituents is 1. The number of halogens is 1. The van der Waals surface area contributed by atoms with Crippen LogP contribution in [0.25, 0.3) is 0 Å². The van der Waals surface area contributed by atoms with E-state index in [1.807, 2.05) is 0 Å². The number of carbonyl (C=O) groups excluding carboxylic acids is 2. The molecule has 138 valence electrons. The lowest BCUT2D eigenvalue weighted by molar-refractivity contribution is -0.384. The zero-order valence-electron chi connectivity index (χ0n) is 14.1. The summed E-state index contributed by atoms with van der Waals surface area (Å²) in [6.45, 7) is 3.80. The quantitative estimate of drug-likeness (QED) is 0.327. The van der Waals surface area contributed by atoms with Crippen molar-refractivity contribution in [2.24, 2.45) is 0 Å². The van der Waals surface area contributed by atoms with Gasteiger partial charge in [0.1, 0.15) is 0 Å². The van der Waals surface area contributed by atoms with Gasteiger partial charge in [0.25, 0.3) is 11.6 Å². The SMILES string of the molecule is C=CCN1C(=O)[C@](O)(CC(=O)c2cccc([N+](=O)[O-])c2)c2cc(Br)ccc21. The monoisotopic (exact) mass is 430 g/mol. The number of fused-ring (bicyclic) bond motifs is 1. The van der Waals surface area contributed by atoms with E-state index in [1.54, 1.807) is 18.2 Å². The van der Waals surface area contributed by atoms with Gasteiger partial charge in [-0.2, -0.15) is 0 Å². The number of nitrogens with zero attached hydrogens (tertiary/aromatic N) is 2. The van der Waals surface area contributed by atoms with Crippen molar-refractivity contribution in [2.45, 2.75) is 12.0 Å². The molecule has 0 spiro atoms. The summed E-state index contributed by atoms with van der Waals surface area (Å²) in [5.74, 6) is -1.20. The summed E-state index contributed by atoms with van der Waals surface area (Å²) in [6.07, 6.45) is 1.00. The van der Waals surface area contributed by atoms with Crippen molar-refractivity contribution in [1.29, 1.82) is 0 Å². The molecule has 0 unspecified atom stereocenters. The van der Waals surface area contributed by atoms with Gasteiger partial charge in [0.15, 0.2) is 11.4 Å². The second-order valence-corrected chi connectivity index (χ2v) is 7.05. The third-order valence-corrected chi connectivity index (χ3v) is 4.89. The van der Waals surface area contributed by atoms with Crippen LogP contribution >= 0.6 is 15.9 Å². The van der Waals surface area contributed by atoms with Gasteiger partial charge in [0.2, 0.25) is 0 Å². The molecule has 0 aromatic heterocycles. The maximum Gasteiger partial charge on any atom is 0.270 e. The number of carbonyl (C=O) groups is 2. The van der Waals surface area contributed by atoms with Gasteiger partial charge >= 0.3 is 0 Å². The summed E-state index contributed by atoms with van der Waals surface area (Å²) in [4.78, 5) is 37.3. The summed E-state index contributed by atoms with van der Waals surface area (Å²) < 4.78 is 0.649. The number of benzene rings is 2. The van der Waals surface area contributed by atoms with E-state index in [2.05, 4.69) is 22.5 Å². The molecule has 0 saturated heterocycles. The molecule has 2 aromatic rings. The first-order valence-electron chi connectivity index (χ1n) is 8.01. The minimum absolute atomic E-state index is 0.0594. The van der Waals surface area contributed by atoms with Crippen molar-refractivity contribution in [3.05, 3.63) is 80.8 Å². The molecule has 1 N–H and O–H groups in total. The molecule has 0 fully saturated rings. The predicted octanol–water partition coefficient (Wildman–Crippen LogP) is 3.35. The second kappa shape index (κ2) is 7.05. The third kappa shape index (κ3) is 3.29. The molecular formula is C19H15BrN2O5. The molecule has 7 nitrogen and oxygen atoms in total. The average molecular weight is 431 g/mol. The second-order valence-electron chi connectivity index (χ2n) is 6.13. The Kier molecular flexibility index (Phi) is 4.95. The molecule has 1 aliphatic heterocycles. The van der Waals surface area contributed by atoms with E-state index < -0.39 is 28.6 Å². The van der Waals surface area contributed by atoms with Crippen molar-refractivity contribution in [3.8, 4) is 0 Å². The third-order valence-electron chi connectivity index (χ3n) is 4.40. The maximum absolute atomic E-state index is 12.9. The lowest BCUT2D eigenvalue weighted by atomic mass is 9.88. The fraction of sp³-hybridized carbons (Fsp3) is 0.158. The van der Waals surface area contributed by atoms with Gasteiger partial charge in [-0.1, -0.05) is 34.1 Å². The molecule has 1 heterocycles. The van der Waals surface area contributed by atoms with Crippen LogP contribution < -0.4 is 4.90 Å². The molecule has 0 saturated carbocycles. The molecule has 1 aliphatic rings. The zero-order chi connectivity index (χ0) is 19.8. The number of ketones is 1. The van der Waals surface area contributed by atoms with E-state index in [9.17, 15) is 24.8 Å². The van der Waals surface area contributed by atoms with E-state index in [4.69, 9.17) is 0 Å². The molecule has 1 amide bonds. The van der Waals surface area contributed by atoms with E-state index in [1.165, 1.54) is 29.2 Å². The number of hydrogen-bond acceptors (Lipinski definition) is 5. The molecule has 0 aliphatic carbocycles. The van der Waals surface area contributed by atoms with Crippen molar-refractivity contribution >= 4 is 39.0 Å². The maximum atomic E-state index is 12.9. The van der Waals surface area contributed by atoms with Crippen LogP contribution in [-0.4, -0.2) is 28.3 Å². The summed E-state index contributed by atoms with van der Waals surface area (Å²) in [5.41, 5.74) is -1.42. The van der Waals surface area contributed by atoms with E-state index >= 15 is 0 Å². The van der Waals surface area contributed by atoms with E-state index in [-0.39, 0.29) is 17.8 Å². The molecule has 0 bridgehead atoms. The molecule has 27 heavy (non-hydrogen) atoms. The van der Waals surface area contributed by atoms with Gasteiger partial charge < -0.3 is 10.0 Å². The van der Waals surface area contributed by atoms with Crippen LogP contribution in [0.5, 0.6) is 0 Å². The van der Waals surface area contributed by atoms with Crippen molar-refractivity contribution in [3.63, 3.8) is 0 Å². The van der Waals surface area contributed by atoms with Gasteiger partial charge in [0.05, 0.1) is 17.0 Å². The highest BCUT2D eigenvalue weighted by Gasteiger charge is 2.50. The highest BCUT2D eigenvalue weighted by Crippen LogP contribution is 2.44. The Morgan fingerprint density at radius 2 is 2.07 bits per heavy atom. The first-order valence-corrected chi connectivity index (χ1v) is 8.80. The van der Waals surface area contributed by atoms with Gasteiger partial charge in [-0.15, -0.1) is 6.58 Å². The van der Waals surface area contributed by atoms with Gasteiger partial charge in [-0.25, -0.2) is 0 Å². The fourth-order valence-corrected chi connectivity index (χ4v) is 3.49. The Morgan fingerprint density at radius 3 is 2.74 bits per heavy atom. The zero-order valence-corrected chi connectivity index (χ0v) is 15.7. The Bertz CT molecular complexity index is 974. The number of rotatable bonds is 6. The van der Waals surface area contributed by atoms with Gasteiger partial charge in [-0.05, 0) is 18.2 Å². The molecule has 3 rings (SSSR count). The number of amides is 1. The smallest absolute Gasteiger partial charge is 0.270 e. The standard InChI is InChI=1S/C19H15BrN2O5/c1-2-8-21-16-7-6-13(20)10-15(16)19(25,18(21)24)11-17(23)12-4-3-5-14(9-12)22(26)27/h2-7,9-10,25H,1,8,11H2/t19-/m0/s1. The lowest BCUT2D eigenvalue weighted by Gasteiger charge is -2.22. The number of Topliss-reactive ketones (excluding diaryl/α,β-unsaturated/α-hetero) is 1. The van der Waals surface area contributed by atoms with Crippen molar-refractivity contribution in [1.82, 2.24) is 0 Å². The average Bonchev–Trinajstić information content (AvgIpc) is 2.84. The molecular weight excluding hydrogens is 416 g/mol. The number of nitro benzene ring substituents is 1. The molecule has 0 radical (unpaired) electrons. The number of aliphatic hydroxyl groups is 1. The largest absolute Gasteiger partial charge is 0.375 e. The minimum atomic E-state index is -2.05. The van der Waals surface area contributed by atoms with Crippen LogP contribution in [0, 0.1) is 10.1 Å². The lowest BCUT2D eigenvalue weighted by Crippen LogP contribution is -2.41. The molecule has 2 aromatic carbocycles. The van der Waals surface area contributed by atoms with Crippen molar-refractivity contribution < 1.29 is 19.6 Å². The Labute approximate surface area is 163 Å². The van der Waals surface area contributed by atoms with Crippen LogP contribution in [0.1, 0.15) is 22.3 Å². The Morgan fingerprint density at radius 1 is 1.33 bits per heavy atom. The normalized spacial score (nSPS) is 18.3. The predicted molar refractivity (Wildman–Crippen MR) is 103 cm³/mol. The number of nitro groups is 1. The fourth-order valence-electron chi connectivity index (χ4n) is 3.13. The Hall–Kier alpha value is -2.84. The summed E-state index contributed by atoms with van der Waals surface area (Å²) in [7, 11) is 0. The Balaban J connectivity index is 2.00. The molecule has 1 atom stereocenters. The van der Waals surface area contributed by atoms with Crippen LogP contribution in [0.2, 0.25) is 0 Å². The van der Waals surface area contributed by atoms with Gasteiger partial charge in [-0.3, -0.25) is 19.7 Å². The number of hydrogen-bond donors (Lipinski definition) is 1. The summed E-state index contributed by atoms with van der Waals surface area (Å²) in [5, 5.41) is 22.1. The van der Waals surface area contributed by atoms with Crippen molar-refractivity contribution in [2.75, 3.05) is 11.4 Å². The first-order chi connectivity index (χ1) is 12.8. The topological polar surface area (TPSA) is 101 Å². The number of anilines is 1. The van der Waals surface area contributed by atoms with Crippen LogP contribution in [0.15, 0.2) is 59.6 Å². The highest BCUT2D eigenvalue weighted by atomic mass is 79.9. The molecule has 8 heteroatoms. The highest BCUT2D eigenvalue weighted by molar-refractivity contribution is 9.10. The van der Waals surface area contributed by atoms with E-state index in [0.717, 1.165) is 6.07 Å². The van der Waals surface area contributed by atoms with Crippen LogP contribution in [-0.2, 0) is 10.4 Å². The van der Waals surface area contributed by atoms with Crippen LogP contribution in [0.4, 0.5) is 11.4 Å². The minimum Gasteiger partial charge on any atom is -0.375 e. The van der Waals surface area contributed by atoms with Crippen LogP contribution in [0.3, 0.4) is 0 Å². The summed E-state index contributed by atoms with van der Waals surface area (Å²) >= 11 is 3.31.